The van der Waals surface area contributed by atoms with Crippen LogP contribution in [0.25, 0.3) is 95.1 Å². The summed E-state index contributed by atoms with van der Waals surface area (Å²) in [7, 11) is 0. The highest BCUT2D eigenvalue weighted by molar-refractivity contribution is 6.09. The van der Waals surface area contributed by atoms with Crippen molar-refractivity contribution in [3.05, 3.63) is 182 Å². The van der Waals surface area contributed by atoms with E-state index in [4.69, 9.17) is 19.9 Å². The third-order valence-electron chi connectivity index (χ3n) is 9.71. The lowest BCUT2D eigenvalue weighted by molar-refractivity contribution is 1.07. The maximum atomic E-state index is 4.94. The van der Waals surface area contributed by atoms with Crippen LogP contribution < -0.4 is 0 Å². The van der Waals surface area contributed by atoms with Crippen LogP contribution in [0, 0.1) is 0 Å². The zero-order valence-electron chi connectivity index (χ0n) is 28.5. The van der Waals surface area contributed by atoms with E-state index in [1.807, 2.05) is 103 Å². The van der Waals surface area contributed by atoms with Crippen molar-refractivity contribution in [2.45, 2.75) is 0 Å². The van der Waals surface area contributed by atoms with E-state index in [1.54, 1.807) is 0 Å². The minimum absolute atomic E-state index is 0.648. The Morgan fingerprint density at radius 3 is 1.57 bits per heavy atom. The standard InChI is InChI=1S/C47H30N6/c1-3-11-32(12-4-1)44-50-45(33-13-5-2-6-14-33)52-46(51-44)37-23-27-40-36(30-37)19-18-35-29-34(22-26-39(35)40)31-20-24-38(25-21-31)53-43-17-8-7-15-41(43)49-47(53)42-16-9-10-28-48-42/h1-30H. The third-order valence-corrected chi connectivity index (χ3v) is 9.71. The molecule has 0 fully saturated rings. The van der Waals surface area contributed by atoms with E-state index in [1.165, 1.54) is 16.2 Å². The number of imidazole rings is 1. The molecule has 6 nitrogen and oxygen atoms in total. The highest BCUT2D eigenvalue weighted by Crippen LogP contribution is 2.34. The summed E-state index contributed by atoms with van der Waals surface area (Å²) in [6, 6.07) is 60.6. The Balaban J connectivity index is 1.00. The number of pyridine rings is 1. The summed E-state index contributed by atoms with van der Waals surface area (Å²) in [4.78, 5) is 24.3. The summed E-state index contributed by atoms with van der Waals surface area (Å²) >= 11 is 0. The van der Waals surface area contributed by atoms with Crippen molar-refractivity contribution in [2.75, 3.05) is 0 Å². The molecule has 3 aromatic heterocycles. The van der Waals surface area contributed by atoms with Gasteiger partial charge in [0.1, 0.15) is 5.69 Å². The number of rotatable bonds is 6. The van der Waals surface area contributed by atoms with Crippen LogP contribution in [0.3, 0.4) is 0 Å². The van der Waals surface area contributed by atoms with Crippen LogP contribution in [0.2, 0.25) is 0 Å². The van der Waals surface area contributed by atoms with E-state index in [0.29, 0.717) is 17.5 Å². The highest BCUT2D eigenvalue weighted by atomic mass is 15.1. The Labute approximate surface area is 305 Å². The van der Waals surface area contributed by atoms with Crippen LogP contribution in [0.4, 0.5) is 0 Å². The van der Waals surface area contributed by atoms with Crippen molar-refractivity contribution in [2.24, 2.45) is 0 Å². The molecule has 0 aliphatic rings. The zero-order chi connectivity index (χ0) is 35.1. The molecule has 10 rings (SSSR count). The second kappa shape index (κ2) is 12.8. The minimum atomic E-state index is 0.648. The average Bonchev–Trinajstić information content (AvgIpc) is 3.64. The van der Waals surface area contributed by atoms with Gasteiger partial charge in [-0.3, -0.25) is 9.55 Å². The van der Waals surface area contributed by atoms with E-state index in [2.05, 4.69) is 88.4 Å². The number of hydrogen-bond acceptors (Lipinski definition) is 5. The van der Waals surface area contributed by atoms with Crippen LogP contribution >= 0.6 is 0 Å². The van der Waals surface area contributed by atoms with Crippen LogP contribution in [0.5, 0.6) is 0 Å². The Morgan fingerprint density at radius 1 is 0.377 bits per heavy atom. The molecule has 0 N–H and O–H groups in total. The van der Waals surface area contributed by atoms with Gasteiger partial charge in [0.15, 0.2) is 23.3 Å². The molecule has 0 saturated carbocycles. The first-order valence-electron chi connectivity index (χ1n) is 17.6. The molecule has 0 saturated heterocycles. The van der Waals surface area contributed by atoms with Gasteiger partial charge < -0.3 is 0 Å². The van der Waals surface area contributed by atoms with E-state index < -0.39 is 0 Å². The molecule has 0 unspecified atom stereocenters. The molecule has 53 heavy (non-hydrogen) atoms. The molecular weight excluding hydrogens is 649 g/mol. The lowest BCUT2D eigenvalue weighted by Crippen LogP contribution is -2.00. The van der Waals surface area contributed by atoms with Gasteiger partial charge in [-0.15, -0.1) is 0 Å². The van der Waals surface area contributed by atoms with Gasteiger partial charge in [0.2, 0.25) is 0 Å². The molecular formula is C47H30N6. The Hall–Kier alpha value is -7.31. The number of fused-ring (bicyclic) bond motifs is 4. The topological polar surface area (TPSA) is 69.4 Å². The number of hydrogen-bond donors (Lipinski definition) is 0. The molecule has 0 spiro atoms. The van der Waals surface area contributed by atoms with Crippen LogP contribution in [0.1, 0.15) is 0 Å². The van der Waals surface area contributed by atoms with Gasteiger partial charge in [0.25, 0.3) is 0 Å². The second-order valence-electron chi connectivity index (χ2n) is 13.0. The zero-order valence-corrected chi connectivity index (χ0v) is 28.5. The normalized spacial score (nSPS) is 11.4. The van der Waals surface area contributed by atoms with Crippen LogP contribution in [-0.2, 0) is 0 Å². The fourth-order valence-electron chi connectivity index (χ4n) is 7.08. The summed E-state index contributed by atoms with van der Waals surface area (Å²) in [5.41, 5.74) is 9.02. The van der Waals surface area contributed by atoms with Crippen molar-refractivity contribution >= 4 is 32.6 Å². The van der Waals surface area contributed by atoms with Gasteiger partial charge in [-0.25, -0.2) is 19.9 Å². The first-order chi connectivity index (χ1) is 26.2. The smallest absolute Gasteiger partial charge is 0.164 e. The fraction of sp³-hybridized carbons (Fsp3) is 0. The molecule has 0 aliphatic heterocycles. The molecule has 10 aromatic rings. The summed E-state index contributed by atoms with van der Waals surface area (Å²) in [6.07, 6.45) is 1.81. The lowest BCUT2D eigenvalue weighted by atomic mass is 9.96. The highest BCUT2D eigenvalue weighted by Gasteiger charge is 2.16. The van der Waals surface area contributed by atoms with Crippen molar-refractivity contribution in [3.8, 4) is 62.5 Å². The third kappa shape index (κ3) is 5.59. The predicted molar refractivity (Wildman–Crippen MR) is 214 cm³/mol. The van der Waals surface area contributed by atoms with E-state index in [9.17, 15) is 0 Å². The SMILES string of the molecule is c1ccc(-c2nc(-c3ccccc3)nc(-c3ccc4c(ccc5cc(-c6ccc(-n7c(-c8ccccn8)nc8ccccc87)cc6)ccc54)c3)n2)cc1. The Kier molecular flexibility index (Phi) is 7.36. The molecule has 0 amide bonds. The first kappa shape index (κ1) is 30.5. The summed E-state index contributed by atoms with van der Waals surface area (Å²) < 4.78 is 2.18. The maximum absolute atomic E-state index is 4.94. The number of aromatic nitrogens is 6. The predicted octanol–water partition coefficient (Wildman–Crippen LogP) is 11.2. The van der Waals surface area contributed by atoms with Crippen LogP contribution in [-0.4, -0.2) is 29.5 Å². The Bertz CT molecular complexity index is 2860. The lowest BCUT2D eigenvalue weighted by Gasteiger charge is -2.12. The molecule has 0 aliphatic carbocycles. The summed E-state index contributed by atoms with van der Waals surface area (Å²) in [5, 5.41) is 4.70. The average molecular weight is 679 g/mol. The van der Waals surface area contributed by atoms with E-state index in [0.717, 1.165) is 61.4 Å². The summed E-state index contributed by atoms with van der Waals surface area (Å²) in [5.74, 6) is 2.78. The maximum Gasteiger partial charge on any atom is 0.164 e. The first-order valence-corrected chi connectivity index (χ1v) is 17.6. The number of benzene rings is 7. The molecule has 7 aromatic carbocycles. The van der Waals surface area contributed by atoms with E-state index in [-0.39, 0.29) is 0 Å². The van der Waals surface area contributed by atoms with Gasteiger partial charge in [0.05, 0.1) is 11.0 Å². The Morgan fingerprint density at radius 2 is 0.925 bits per heavy atom. The van der Waals surface area contributed by atoms with Gasteiger partial charge in [-0.05, 0) is 81.2 Å². The molecule has 6 heteroatoms. The van der Waals surface area contributed by atoms with Gasteiger partial charge in [-0.2, -0.15) is 0 Å². The van der Waals surface area contributed by atoms with Crippen molar-refractivity contribution in [3.63, 3.8) is 0 Å². The number of para-hydroxylation sites is 2. The molecule has 0 atom stereocenters. The largest absolute Gasteiger partial charge is 0.291 e. The monoisotopic (exact) mass is 678 g/mol. The van der Waals surface area contributed by atoms with Crippen LogP contribution in [0.15, 0.2) is 182 Å². The minimum Gasteiger partial charge on any atom is -0.291 e. The fourth-order valence-corrected chi connectivity index (χ4v) is 7.08. The summed E-state index contributed by atoms with van der Waals surface area (Å²) in [6.45, 7) is 0. The van der Waals surface area contributed by atoms with Gasteiger partial charge >= 0.3 is 0 Å². The molecule has 0 radical (unpaired) electrons. The van der Waals surface area contributed by atoms with Crippen molar-refractivity contribution in [1.29, 1.82) is 0 Å². The molecule has 3 heterocycles. The number of nitrogens with zero attached hydrogens (tertiary/aromatic N) is 6. The second-order valence-corrected chi connectivity index (χ2v) is 13.0. The van der Waals surface area contributed by atoms with Crippen molar-refractivity contribution < 1.29 is 0 Å². The van der Waals surface area contributed by atoms with E-state index >= 15 is 0 Å². The molecule has 0 bridgehead atoms. The van der Waals surface area contributed by atoms with Crippen molar-refractivity contribution in [1.82, 2.24) is 29.5 Å². The van der Waals surface area contributed by atoms with Gasteiger partial charge in [0, 0.05) is 28.6 Å². The van der Waals surface area contributed by atoms with Gasteiger partial charge in [-0.1, -0.05) is 127 Å². The quantitative estimate of drug-likeness (QED) is 0.164. The molecule has 248 valence electrons.